The molecule has 6 heteroatoms. The quantitative estimate of drug-likeness (QED) is 0.741. The number of carbonyl (C=O) groups excluding carboxylic acids is 2. The molecule has 0 aromatic heterocycles. The Morgan fingerprint density at radius 3 is 2.71 bits per heavy atom. The summed E-state index contributed by atoms with van der Waals surface area (Å²) in [7, 11) is 0. The standard InChI is InChI=1S/C11H12N2O4/c12-10(14)6-2-1-3-7-9(6)16-5-4-8(17-7)11(13)15/h1-3,8H,4-5H2,(H2,12,14)(H2,13,15). The van der Waals surface area contributed by atoms with Crippen molar-refractivity contribution in [3.63, 3.8) is 0 Å². The molecule has 1 heterocycles. The third kappa shape index (κ3) is 2.15. The number of primary amides is 2. The van der Waals surface area contributed by atoms with Crippen LogP contribution in [0.2, 0.25) is 0 Å². The number of para-hydroxylation sites is 1. The summed E-state index contributed by atoms with van der Waals surface area (Å²) in [5.41, 5.74) is 10.6. The van der Waals surface area contributed by atoms with Crippen molar-refractivity contribution in [3.05, 3.63) is 23.8 Å². The van der Waals surface area contributed by atoms with Gasteiger partial charge in [-0.25, -0.2) is 0 Å². The monoisotopic (exact) mass is 236 g/mol. The molecule has 90 valence electrons. The van der Waals surface area contributed by atoms with Crippen LogP contribution in [0.15, 0.2) is 18.2 Å². The van der Waals surface area contributed by atoms with E-state index in [0.717, 1.165) is 0 Å². The lowest BCUT2D eigenvalue weighted by Gasteiger charge is -2.13. The fraction of sp³-hybridized carbons (Fsp3) is 0.273. The molecule has 17 heavy (non-hydrogen) atoms. The number of carbonyl (C=O) groups is 2. The van der Waals surface area contributed by atoms with Crippen LogP contribution in [0.5, 0.6) is 11.5 Å². The van der Waals surface area contributed by atoms with Crippen molar-refractivity contribution in [2.75, 3.05) is 6.61 Å². The molecule has 2 rings (SSSR count). The van der Waals surface area contributed by atoms with Crippen LogP contribution in [0, 0.1) is 0 Å². The molecular formula is C11H12N2O4. The molecule has 0 spiro atoms. The van der Waals surface area contributed by atoms with Crippen molar-refractivity contribution < 1.29 is 19.1 Å². The minimum atomic E-state index is -0.751. The molecular weight excluding hydrogens is 224 g/mol. The van der Waals surface area contributed by atoms with E-state index in [2.05, 4.69) is 0 Å². The van der Waals surface area contributed by atoms with Crippen LogP contribution in [0.1, 0.15) is 16.8 Å². The van der Waals surface area contributed by atoms with Crippen molar-refractivity contribution in [1.82, 2.24) is 0 Å². The van der Waals surface area contributed by atoms with Gasteiger partial charge in [-0.3, -0.25) is 9.59 Å². The number of nitrogens with two attached hydrogens (primary N) is 2. The zero-order chi connectivity index (χ0) is 12.4. The van der Waals surface area contributed by atoms with Gasteiger partial charge >= 0.3 is 0 Å². The van der Waals surface area contributed by atoms with Crippen molar-refractivity contribution in [2.24, 2.45) is 11.5 Å². The van der Waals surface area contributed by atoms with E-state index < -0.39 is 17.9 Å². The van der Waals surface area contributed by atoms with Crippen molar-refractivity contribution >= 4 is 11.8 Å². The van der Waals surface area contributed by atoms with Gasteiger partial charge in [-0.2, -0.15) is 0 Å². The maximum atomic E-state index is 11.2. The van der Waals surface area contributed by atoms with Gasteiger partial charge < -0.3 is 20.9 Å². The van der Waals surface area contributed by atoms with Crippen LogP contribution >= 0.6 is 0 Å². The topological polar surface area (TPSA) is 105 Å². The van der Waals surface area contributed by atoms with E-state index in [1.807, 2.05) is 0 Å². The van der Waals surface area contributed by atoms with Gasteiger partial charge in [-0.05, 0) is 12.1 Å². The minimum Gasteiger partial charge on any atom is -0.489 e. The highest BCUT2D eigenvalue weighted by molar-refractivity contribution is 5.96. The Kier molecular flexibility index (Phi) is 2.86. The first-order chi connectivity index (χ1) is 8.09. The molecule has 1 aromatic carbocycles. The molecule has 1 aliphatic heterocycles. The number of hydrogen-bond acceptors (Lipinski definition) is 4. The third-order valence-electron chi connectivity index (χ3n) is 2.46. The fourth-order valence-corrected chi connectivity index (χ4v) is 1.63. The molecule has 1 atom stereocenters. The Hall–Kier alpha value is -2.24. The second-order valence-electron chi connectivity index (χ2n) is 3.64. The maximum absolute atomic E-state index is 11.2. The number of hydrogen-bond donors (Lipinski definition) is 2. The maximum Gasteiger partial charge on any atom is 0.258 e. The molecule has 1 unspecified atom stereocenters. The molecule has 1 aliphatic rings. The first-order valence-corrected chi connectivity index (χ1v) is 5.11. The molecule has 6 nitrogen and oxygen atoms in total. The molecule has 1 aromatic rings. The summed E-state index contributed by atoms with van der Waals surface area (Å²) in [5.74, 6) is -0.597. The Bertz CT molecular complexity index is 473. The van der Waals surface area contributed by atoms with E-state index in [1.54, 1.807) is 12.1 Å². The Labute approximate surface area is 97.5 Å². The van der Waals surface area contributed by atoms with Crippen LogP contribution in [-0.2, 0) is 4.79 Å². The normalized spacial score (nSPS) is 18.2. The first-order valence-electron chi connectivity index (χ1n) is 5.11. The molecule has 0 aliphatic carbocycles. The predicted octanol–water partition coefficient (Wildman–Crippen LogP) is -0.199. The van der Waals surface area contributed by atoms with Crippen molar-refractivity contribution in [2.45, 2.75) is 12.5 Å². The lowest BCUT2D eigenvalue weighted by molar-refractivity contribution is -0.124. The second-order valence-corrected chi connectivity index (χ2v) is 3.64. The highest BCUT2D eigenvalue weighted by atomic mass is 16.5. The summed E-state index contributed by atoms with van der Waals surface area (Å²) in [6.45, 7) is 0.241. The Morgan fingerprint density at radius 2 is 2.06 bits per heavy atom. The zero-order valence-corrected chi connectivity index (χ0v) is 9.01. The summed E-state index contributed by atoms with van der Waals surface area (Å²) >= 11 is 0. The number of amides is 2. The molecule has 0 bridgehead atoms. The van der Waals surface area contributed by atoms with E-state index in [1.165, 1.54) is 6.07 Å². The summed E-state index contributed by atoms with van der Waals surface area (Å²) in [6, 6.07) is 4.74. The lowest BCUT2D eigenvalue weighted by Crippen LogP contribution is -2.33. The van der Waals surface area contributed by atoms with E-state index in [4.69, 9.17) is 20.9 Å². The highest BCUT2D eigenvalue weighted by Gasteiger charge is 2.25. The molecule has 2 amide bonds. The minimum absolute atomic E-state index is 0.229. The molecule has 0 radical (unpaired) electrons. The van der Waals surface area contributed by atoms with E-state index >= 15 is 0 Å². The van der Waals surface area contributed by atoms with Gasteiger partial charge in [0.05, 0.1) is 12.2 Å². The smallest absolute Gasteiger partial charge is 0.258 e. The molecule has 0 saturated carbocycles. The number of fused-ring (bicyclic) bond motifs is 1. The van der Waals surface area contributed by atoms with Gasteiger partial charge in [0.2, 0.25) is 0 Å². The number of rotatable bonds is 2. The highest BCUT2D eigenvalue weighted by Crippen LogP contribution is 2.34. The van der Waals surface area contributed by atoms with E-state index in [0.29, 0.717) is 12.2 Å². The Balaban J connectivity index is 2.41. The summed E-state index contributed by atoms with van der Waals surface area (Å²) in [6.07, 6.45) is -0.415. The average Bonchev–Trinajstić information content (AvgIpc) is 2.49. The Morgan fingerprint density at radius 1 is 1.29 bits per heavy atom. The van der Waals surface area contributed by atoms with Crippen LogP contribution in [-0.4, -0.2) is 24.5 Å². The fourth-order valence-electron chi connectivity index (χ4n) is 1.63. The first kappa shape index (κ1) is 11.3. The van der Waals surface area contributed by atoms with Crippen LogP contribution in [0.4, 0.5) is 0 Å². The third-order valence-corrected chi connectivity index (χ3v) is 2.46. The predicted molar refractivity (Wildman–Crippen MR) is 58.7 cm³/mol. The SMILES string of the molecule is NC(=O)c1cccc2c1OCCC(C(N)=O)O2. The summed E-state index contributed by atoms with van der Waals surface area (Å²) in [5, 5.41) is 0. The molecule has 0 saturated heterocycles. The number of benzene rings is 1. The average molecular weight is 236 g/mol. The van der Waals surface area contributed by atoms with Gasteiger partial charge in [0.1, 0.15) is 0 Å². The van der Waals surface area contributed by atoms with Gasteiger partial charge in [-0.1, -0.05) is 6.07 Å². The summed E-state index contributed by atoms with van der Waals surface area (Å²) < 4.78 is 10.8. The van der Waals surface area contributed by atoms with Crippen molar-refractivity contribution in [1.29, 1.82) is 0 Å². The van der Waals surface area contributed by atoms with E-state index in [-0.39, 0.29) is 17.9 Å². The van der Waals surface area contributed by atoms with Crippen LogP contribution in [0.3, 0.4) is 0 Å². The second kappa shape index (κ2) is 4.32. The van der Waals surface area contributed by atoms with Crippen molar-refractivity contribution in [3.8, 4) is 11.5 Å². The molecule has 4 N–H and O–H groups in total. The van der Waals surface area contributed by atoms with E-state index in [9.17, 15) is 9.59 Å². The number of ether oxygens (including phenoxy) is 2. The van der Waals surface area contributed by atoms with Crippen LogP contribution in [0.25, 0.3) is 0 Å². The largest absolute Gasteiger partial charge is 0.489 e. The zero-order valence-electron chi connectivity index (χ0n) is 9.01. The van der Waals surface area contributed by atoms with Crippen LogP contribution < -0.4 is 20.9 Å². The molecule has 0 fully saturated rings. The van der Waals surface area contributed by atoms with Gasteiger partial charge in [-0.15, -0.1) is 0 Å². The van der Waals surface area contributed by atoms with Gasteiger partial charge in [0.15, 0.2) is 17.6 Å². The van der Waals surface area contributed by atoms with Gasteiger partial charge in [0.25, 0.3) is 11.8 Å². The lowest BCUT2D eigenvalue weighted by atomic mass is 10.2. The van der Waals surface area contributed by atoms with Gasteiger partial charge in [0, 0.05) is 6.42 Å². The summed E-state index contributed by atoms with van der Waals surface area (Å²) in [4.78, 5) is 22.3.